The minimum atomic E-state index is -0.314. The molecule has 0 saturated heterocycles. The van der Waals surface area contributed by atoms with Gasteiger partial charge in [0.1, 0.15) is 0 Å². The van der Waals surface area contributed by atoms with Gasteiger partial charge >= 0.3 is 0 Å². The van der Waals surface area contributed by atoms with Crippen LogP contribution in [-0.2, 0) is 5.54 Å². The molecular weight excluding hydrogens is 202 g/mol. The van der Waals surface area contributed by atoms with E-state index in [9.17, 15) is 0 Å². The van der Waals surface area contributed by atoms with E-state index in [0.717, 1.165) is 30.5 Å². The van der Waals surface area contributed by atoms with Crippen molar-refractivity contribution in [3.05, 3.63) is 11.7 Å². The minimum Gasteiger partial charge on any atom is -0.339 e. The van der Waals surface area contributed by atoms with Crippen LogP contribution in [-0.4, -0.2) is 10.1 Å². The smallest absolute Gasteiger partial charge is 0.229 e. The van der Waals surface area contributed by atoms with Crippen molar-refractivity contribution >= 4 is 0 Å². The van der Waals surface area contributed by atoms with Crippen LogP contribution < -0.4 is 5.73 Å². The molecule has 1 aromatic rings. The molecule has 4 heteroatoms. The van der Waals surface area contributed by atoms with Crippen LogP contribution in [0.25, 0.3) is 0 Å². The van der Waals surface area contributed by atoms with Gasteiger partial charge < -0.3 is 10.3 Å². The maximum absolute atomic E-state index is 6.30. The third-order valence-corrected chi connectivity index (χ3v) is 4.10. The fourth-order valence-corrected chi connectivity index (χ4v) is 2.65. The number of rotatable bonds is 3. The number of nitrogens with zero attached hydrogens (tertiary/aromatic N) is 2. The molecule has 1 aromatic heterocycles. The molecule has 2 aliphatic carbocycles. The zero-order valence-electron chi connectivity index (χ0n) is 9.78. The second-order valence-electron chi connectivity index (χ2n) is 5.45. The predicted molar refractivity (Wildman–Crippen MR) is 59.8 cm³/mol. The summed E-state index contributed by atoms with van der Waals surface area (Å²) in [6.45, 7) is 2.17. The van der Waals surface area contributed by atoms with Gasteiger partial charge in [-0.1, -0.05) is 24.9 Å². The highest BCUT2D eigenvalue weighted by atomic mass is 16.5. The summed E-state index contributed by atoms with van der Waals surface area (Å²) in [7, 11) is 0. The van der Waals surface area contributed by atoms with Crippen molar-refractivity contribution in [1.29, 1.82) is 0 Å². The average molecular weight is 221 g/mol. The van der Waals surface area contributed by atoms with Crippen molar-refractivity contribution in [1.82, 2.24) is 10.1 Å². The first-order valence-corrected chi connectivity index (χ1v) is 6.32. The Morgan fingerprint density at radius 2 is 2.06 bits per heavy atom. The first-order chi connectivity index (χ1) is 7.69. The Labute approximate surface area is 95.6 Å². The Hall–Kier alpha value is -0.900. The van der Waals surface area contributed by atoms with E-state index in [1.165, 1.54) is 25.7 Å². The average Bonchev–Trinajstić information content (AvgIpc) is 2.82. The van der Waals surface area contributed by atoms with Crippen molar-refractivity contribution in [3.63, 3.8) is 0 Å². The van der Waals surface area contributed by atoms with Crippen LogP contribution >= 0.6 is 0 Å². The Balaban J connectivity index is 1.81. The van der Waals surface area contributed by atoms with Gasteiger partial charge in [0.15, 0.2) is 5.82 Å². The summed E-state index contributed by atoms with van der Waals surface area (Å²) in [5, 5.41) is 4.09. The van der Waals surface area contributed by atoms with E-state index in [4.69, 9.17) is 10.3 Å². The van der Waals surface area contributed by atoms with Crippen LogP contribution in [0.1, 0.15) is 63.1 Å². The molecule has 0 bridgehead atoms. The lowest BCUT2D eigenvalue weighted by atomic mass is 9.98. The molecule has 1 heterocycles. The first-order valence-electron chi connectivity index (χ1n) is 6.32. The summed E-state index contributed by atoms with van der Waals surface area (Å²) in [5.74, 6) is 2.68. The largest absolute Gasteiger partial charge is 0.339 e. The van der Waals surface area contributed by atoms with Gasteiger partial charge in [0.25, 0.3) is 0 Å². The Morgan fingerprint density at radius 1 is 1.38 bits per heavy atom. The Kier molecular flexibility index (Phi) is 2.28. The normalized spacial score (nSPS) is 25.9. The fourth-order valence-electron chi connectivity index (χ4n) is 2.65. The second-order valence-corrected chi connectivity index (χ2v) is 5.45. The van der Waals surface area contributed by atoms with Crippen LogP contribution in [0, 0.1) is 5.92 Å². The van der Waals surface area contributed by atoms with Gasteiger partial charge in [-0.15, -0.1) is 0 Å². The third-order valence-electron chi connectivity index (χ3n) is 4.10. The van der Waals surface area contributed by atoms with E-state index >= 15 is 0 Å². The quantitative estimate of drug-likeness (QED) is 0.850. The van der Waals surface area contributed by atoms with Crippen molar-refractivity contribution in [2.75, 3.05) is 0 Å². The summed E-state index contributed by atoms with van der Waals surface area (Å²) in [5.41, 5.74) is 5.99. The lowest BCUT2D eigenvalue weighted by Gasteiger charge is -2.17. The van der Waals surface area contributed by atoms with Crippen molar-refractivity contribution < 1.29 is 4.52 Å². The Morgan fingerprint density at radius 3 is 2.69 bits per heavy atom. The lowest BCUT2D eigenvalue weighted by Crippen LogP contribution is -2.34. The molecule has 3 rings (SSSR count). The summed E-state index contributed by atoms with van der Waals surface area (Å²) in [6, 6.07) is 0. The number of aromatic nitrogens is 2. The summed E-state index contributed by atoms with van der Waals surface area (Å²) in [4.78, 5) is 4.52. The predicted octanol–water partition coefficient (Wildman–Crippen LogP) is 2.31. The molecule has 0 radical (unpaired) electrons. The maximum atomic E-state index is 6.30. The molecule has 4 nitrogen and oxygen atoms in total. The van der Waals surface area contributed by atoms with Gasteiger partial charge in [0, 0.05) is 5.92 Å². The molecule has 2 N–H and O–H groups in total. The van der Waals surface area contributed by atoms with Crippen LogP contribution in [0.15, 0.2) is 4.52 Å². The van der Waals surface area contributed by atoms with Gasteiger partial charge in [0.2, 0.25) is 5.89 Å². The number of nitrogens with two attached hydrogens (primary N) is 1. The van der Waals surface area contributed by atoms with E-state index in [-0.39, 0.29) is 5.54 Å². The first kappa shape index (κ1) is 10.3. The molecule has 0 spiro atoms. The summed E-state index contributed by atoms with van der Waals surface area (Å²) >= 11 is 0. The topological polar surface area (TPSA) is 64.9 Å². The van der Waals surface area contributed by atoms with Gasteiger partial charge in [-0.05, 0) is 31.6 Å². The molecule has 88 valence electrons. The molecule has 2 aliphatic rings. The summed E-state index contributed by atoms with van der Waals surface area (Å²) < 4.78 is 5.36. The van der Waals surface area contributed by atoms with Crippen LogP contribution in [0.4, 0.5) is 0 Å². The molecular formula is C12H19N3O. The standard InChI is InChI=1S/C12H19N3O/c1-8(9-4-5-9)10-14-11(15-16-10)12(13)6-2-3-7-12/h8-9H,2-7,13H2,1H3. The van der Waals surface area contributed by atoms with Crippen LogP contribution in [0.3, 0.4) is 0 Å². The highest BCUT2D eigenvalue weighted by molar-refractivity contribution is 5.08. The van der Waals surface area contributed by atoms with Crippen LogP contribution in [0.5, 0.6) is 0 Å². The van der Waals surface area contributed by atoms with Gasteiger partial charge in [0.05, 0.1) is 5.54 Å². The SMILES string of the molecule is CC(c1nc(C2(N)CCCC2)no1)C1CC1. The minimum absolute atomic E-state index is 0.314. The molecule has 0 aromatic carbocycles. The summed E-state index contributed by atoms with van der Waals surface area (Å²) in [6.07, 6.45) is 6.93. The van der Waals surface area contributed by atoms with Crippen LogP contribution in [0.2, 0.25) is 0 Å². The zero-order chi connectivity index (χ0) is 11.2. The highest BCUT2D eigenvalue weighted by Gasteiger charge is 2.38. The van der Waals surface area contributed by atoms with Gasteiger partial charge in [-0.2, -0.15) is 4.98 Å². The third kappa shape index (κ3) is 1.65. The van der Waals surface area contributed by atoms with Crippen molar-refractivity contribution in [2.45, 2.75) is 56.9 Å². The van der Waals surface area contributed by atoms with Gasteiger partial charge in [-0.3, -0.25) is 0 Å². The van der Waals surface area contributed by atoms with E-state index in [2.05, 4.69) is 17.1 Å². The monoisotopic (exact) mass is 221 g/mol. The van der Waals surface area contributed by atoms with E-state index in [0.29, 0.717) is 5.92 Å². The maximum Gasteiger partial charge on any atom is 0.229 e. The van der Waals surface area contributed by atoms with E-state index < -0.39 is 0 Å². The number of hydrogen-bond acceptors (Lipinski definition) is 4. The fraction of sp³-hybridized carbons (Fsp3) is 0.833. The molecule has 2 fully saturated rings. The van der Waals surface area contributed by atoms with E-state index in [1.54, 1.807) is 0 Å². The number of hydrogen-bond donors (Lipinski definition) is 1. The molecule has 2 saturated carbocycles. The van der Waals surface area contributed by atoms with Gasteiger partial charge in [-0.25, -0.2) is 0 Å². The highest BCUT2D eigenvalue weighted by Crippen LogP contribution is 2.42. The molecule has 1 atom stereocenters. The molecule has 16 heavy (non-hydrogen) atoms. The second kappa shape index (κ2) is 3.55. The molecule has 0 aliphatic heterocycles. The van der Waals surface area contributed by atoms with Crippen molar-refractivity contribution in [3.8, 4) is 0 Å². The molecule has 1 unspecified atom stereocenters. The van der Waals surface area contributed by atoms with E-state index in [1.807, 2.05) is 0 Å². The molecule has 0 amide bonds. The zero-order valence-corrected chi connectivity index (χ0v) is 9.78. The van der Waals surface area contributed by atoms with Crippen molar-refractivity contribution in [2.24, 2.45) is 11.7 Å². The lowest BCUT2D eigenvalue weighted by molar-refractivity contribution is 0.330. The Bertz CT molecular complexity index is 377.